The van der Waals surface area contributed by atoms with Gasteiger partial charge in [0.1, 0.15) is 18.3 Å². The number of ether oxygens (including phenoxy) is 3. The van der Waals surface area contributed by atoms with Gasteiger partial charge in [0.2, 0.25) is 0 Å². The van der Waals surface area contributed by atoms with Gasteiger partial charge in [-0.3, -0.25) is 4.90 Å². The Balaban J connectivity index is 1.03. The van der Waals surface area contributed by atoms with Crippen LogP contribution in [0.1, 0.15) is 18.4 Å². The van der Waals surface area contributed by atoms with E-state index in [4.69, 9.17) is 25.8 Å². The van der Waals surface area contributed by atoms with Gasteiger partial charge in [-0.05, 0) is 66.2 Å². The van der Waals surface area contributed by atoms with E-state index in [1.54, 1.807) is 0 Å². The summed E-state index contributed by atoms with van der Waals surface area (Å²) in [6, 6.07) is 21.4. The van der Waals surface area contributed by atoms with Crippen molar-refractivity contribution in [1.82, 2.24) is 14.9 Å². The van der Waals surface area contributed by atoms with Gasteiger partial charge in [-0.25, -0.2) is 0 Å². The minimum atomic E-state index is -0.622. The molecule has 3 N–H and O–H groups in total. The molecule has 9 heteroatoms. The number of likely N-dealkylation sites (tertiary alicyclic amines) is 1. The number of aromatic nitrogens is 2. The number of aromatic amines is 1. The van der Waals surface area contributed by atoms with Crippen molar-refractivity contribution in [3.63, 3.8) is 0 Å². The molecule has 0 amide bonds. The number of hydrogen-bond acceptors (Lipinski definition) is 7. The maximum Gasteiger partial charge on any atom is 0.295 e. The van der Waals surface area contributed by atoms with E-state index in [9.17, 15) is 10.2 Å². The maximum absolute atomic E-state index is 9.98. The highest BCUT2D eigenvalue weighted by atomic mass is 35.5. The van der Waals surface area contributed by atoms with Crippen LogP contribution >= 0.6 is 11.6 Å². The second kappa shape index (κ2) is 11.4. The monoisotopic (exact) mass is 575 g/mol. The molecule has 3 aliphatic rings. The van der Waals surface area contributed by atoms with E-state index in [0.717, 1.165) is 60.2 Å². The lowest BCUT2D eigenvalue weighted by molar-refractivity contribution is 0.00706. The third kappa shape index (κ3) is 5.48. The highest BCUT2D eigenvalue weighted by molar-refractivity contribution is 6.34. The molecule has 0 saturated carbocycles. The van der Waals surface area contributed by atoms with Crippen LogP contribution in [-0.4, -0.2) is 82.4 Å². The number of aliphatic hydroxyl groups is 2. The number of halogens is 1. The van der Waals surface area contributed by atoms with E-state index >= 15 is 0 Å². The number of fused-ring (bicyclic) bond motifs is 2. The number of aliphatic hydroxyl groups excluding tert-OH is 2. The quantitative estimate of drug-likeness (QED) is 0.295. The summed E-state index contributed by atoms with van der Waals surface area (Å²) in [5.41, 5.74) is 7.07. The Morgan fingerprint density at radius 1 is 0.927 bits per heavy atom. The average Bonchev–Trinajstić information content (AvgIpc) is 3.70. The Hall–Kier alpha value is -2.98. The summed E-state index contributed by atoms with van der Waals surface area (Å²) in [5.74, 6) is 0.461. The summed E-state index contributed by atoms with van der Waals surface area (Å²) >= 11 is 6.70. The zero-order valence-electron chi connectivity index (χ0n) is 22.7. The highest BCUT2D eigenvalue weighted by Gasteiger charge is 2.48. The molecule has 214 valence electrons. The molecular weight excluding hydrogens is 542 g/mol. The van der Waals surface area contributed by atoms with E-state index in [1.807, 2.05) is 12.1 Å². The summed E-state index contributed by atoms with van der Waals surface area (Å²) < 4.78 is 17.4. The van der Waals surface area contributed by atoms with Crippen molar-refractivity contribution in [3.8, 4) is 28.3 Å². The number of piperidine rings is 1. The molecule has 8 nitrogen and oxygen atoms in total. The molecule has 7 rings (SSSR count). The van der Waals surface area contributed by atoms with Gasteiger partial charge >= 0.3 is 0 Å². The zero-order chi connectivity index (χ0) is 27.9. The predicted molar refractivity (Wildman–Crippen MR) is 157 cm³/mol. The number of benzene rings is 3. The van der Waals surface area contributed by atoms with Crippen molar-refractivity contribution < 1.29 is 24.4 Å². The number of rotatable bonds is 7. The van der Waals surface area contributed by atoms with E-state index in [1.165, 1.54) is 11.1 Å². The fraction of sp³-hybridized carbons (Fsp3) is 0.406. The molecule has 41 heavy (non-hydrogen) atoms. The van der Waals surface area contributed by atoms with Gasteiger partial charge in [0.05, 0.1) is 29.3 Å². The van der Waals surface area contributed by atoms with Gasteiger partial charge in [-0.15, -0.1) is 0 Å². The lowest BCUT2D eigenvalue weighted by Crippen LogP contribution is -2.34. The number of hydrogen-bond donors (Lipinski definition) is 3. The third-order valence-electron chi connectivity index (χ3n) is 8.65. The summed E-state index contributed by atoms with van der Waals surface area (Å²) in [6.45, 7) is 3.95. The molecule has 3 saturated heterocycles. The molecule has 4 aromatic rings. The minimum absolute atomic E-state index is 0.254. The molecule has 0 bridgehead atoms. The second-order valence-electron chi connectivity index (χ2n) is 11.4. The van der Waals surface area contributed by atoms with Crippen LogP contribution in [0.2, 0.25) is 5.02 Å². The molecule has 1 aromatic heterocycles. The van der Waals surface area contributed by atoms with Crippen molar-refractivity contribution in [2.45, 2.75) is 43.8 Å². The first-order valence-electron chi connectivity index (χ1n) is 14.3. The van der Waals surface area contributed by atoms with E-state index in [-0.39, 0.29) is 24.9 Å². The van der Waals surface area contributed by atoms with Crippen LogP contribution in [0.25, 0.3) is 33.3 Å². The van der Waals surface area contributed by atoms with Gasteiger partial charge < -0.3 is 29.4 Å². The fourth-order valence-electron chi connectivity index (χ4n) is 6.20. The first-order chi connectivity index (χ1) is 20.0. The smallest absolute Gasteiger partial charge is 0.295 e. The molecule has 3 fully saturated rings. The van der Waals surface area contributed by atoms with Crippen LogP contribution in [0.4, 0.5) is 0 Å². The van der Waals surface area contributed by atoms with Crippen LogP contribution in [0, 0.1) is 5.92 Å². The summed E-state index contributed by atoms with van der Waals surface area (Å²) in [7, 11) is 0. The van der Waals surface area contributed by atoms with Crippen LogP contribution in [0.15, 0.2) is 60.7 Å². The van der Waals surface area contributed by atoms with Gasteiger partial charge in [-0.2, -0.15) is 4.98 Å². The van der Waals surface area contributed by atoms with E-state index < -0.39 is 6.10 Å². The number of nitrogens with zero attached hydrogens (tertiary/aromatic N) is 2. The Bertz CT molecular complexity index is 1500. The topological polar surface area (TPSA) is 100 Å². The lowest BCUT2D eigenvalue weighted by Gasteiger charge is -2.31. The molecule has 0 unspecified atom stereocenters. The van der Waals surface area contributed by atoms with E-state index in [0.29, 0.717) is 30.2 Å². The third-order valence-corrected chi connectivity index (χ3v) is 8.96. The van der Waals surface area contributed by atoms with Crippen molar-refractivity contribution in [1.29, 1.82) is 0 Å². The molecule has 4 heterocycles. The standard InChI is InChI=1S/C32H34ClN3O5/c33-25-14-27-26(34-32(35-27)41-29-18-40-30-28(38)17-39-31(29)30)13-24(25)23-7-5-22(6-8-23)21-3-1-19(2-4-21)15-36-11-9-20(16-37)10-12-36/h1-8,13-14,20,28-31,37-38H,9-12,15-18H2,(H,34,35)/t28-,29-,30-,31-/m1/s1. The Morgan fingerprint density at radius 3 is 2.34 bits per heavy atom. The van der Waals surface area contributed by atoms with Gasteiger partial charge in [0, 0.05) is 18.7 Å². The highest BCUT2D eigenvalue weighted by Crippen LogP contribution is 2.35. The van der Waals surface area contributed by atoms with Crippen LogP contribution in [0.3, 0.4) is 0 Å². The zero-order valence-corrected chi connectivity index (χ0v) is 23.5. The minimum Gasteiger partial charge on any atom is -0.456 e. The van der Waals surface area contributed by atoms with Crippen LogP contribution in [0.5, 0.6) is 6.01 Å². The van der Waals surface area contributed by atoms with Crippen molar-refractivity contribution in [3.05, 3.63) is 71.2 Å². The molecule has 3 aromatic carbocycles. The Morgan fingerprint density at radius 2 is 1.61 bits per heavy atom. The summed E-state index contributed by atoms with van der Waals surface area (Å²) in [4.78, 5) is 10.3. The lowest BCUT2D eigenvalue weighted by atomic mass is 9.97. The molecule has 0 aliphatic carbocycles. The first-order valence-corrected chi connectivity index (χ1v) is 14.7. The SMILES string of the molecule is OCC1CCN(Cc2ccc(-c3ccc(-c4cc5nc(O[C@@H]6CO[C@H]7[C@@H]6OC[C@H]7O)[nH]c5cc4Cl)cc3)cc2)CC1. The molecule has 4 atom stereocenters. The molecular formula is C32H34ClN3O5. The van der Waals surface area contributed by atoms with Crippen molar-refractivity contribution in [2.24, 2.45) is 5.92 Å². The number of nitrogens with one attached hydrogen (secondary N) is 1. The van der Waals surface area contributed by atoms with Gasteiger partial charge in [0.25, 0.3) is 6.01 Å². The Labute approximate surface area is 243 Å². The van der Waals surface area contributed by atoms with Crippen molar-refractivity contribution >= 4 is 22.6 Å². The van der Waals surface area contributed by atoms with Crippen LogP contribution < -0.4 is 4.74 Å². The number of H-pyrrole nitrogens is 1. The fourth-order valence-corrected chi connectivity index (χ4v) is 6.48. The van der Waals surface area contributed by atoms with E-state index in [2.05, 4.69) is 63.4 Å². The molecule has 0 spiro atoms. The maximum atomic E-state index is 9.98. The first kappa shape index (κ1) is 26.9. The normalized spacial score (nSPS) is 25.1. The largest absolute Gasteiger partial charge is 0.456 e. The van der Waals surface area contributed by atoms with Gasteiger partial charge in [0.15, 0.2) is 6.10 Å². The summed E-state index contributed by atoms with van der Waals surface area (Å²) in [6.07, 6.45) is 0.534. The van der Waals surface area contributed by atoms with Crippen molar-refractivity contribution in [2.75, 3.05) is 32.9 Å². The number of imidazole rings is 1. The second-order valence-corrected chi connectivity index (χ2v) is 11.8. The average molecular weight is 576 g/mol. The summed E-state index contributed by atoms with van der Waals surface area (Å²) in [5, 5.41) is 20.0. The molecule has 3 aliphatic heterocycles. The van der Waals surface area contributed by atoms with Gasteiger partial charge in [-0.1, -0.05) is 60.1 Å². The predicted octanol–water partition coefficient (Wildman–Crippen LogP) is 4.66. The Kier molecular flexibility index (Phi) is 7.45. The van der Waals surface area contributed by atoms with Crippen LogP contribution in [-0.2, 0) is 16.0 Å². The molecule has 0 radical (unpaired) electrons.